The highest BCUT2D eigenvalue weighted by Crippen LogP contribution is 2.33. The van der Waals surface area contributed by atoms with E-state index in [-0.39, 0.29) is 23.4 Å². The molecule has 1 amide bonds. The molecule has 7 nitrogen and oxygen atoms in total. The summed E-state index contributed by atoms with van der Waals surface area (Å²) in [5, 5.41) is 12.1. The van der Waals surface area contributed by atoms with Crippen molar-refractivity contribution in [1.29, 1.82) is 0 Å². The van der Waals surface area contributed by atoms with Crippen molar-refractivity contribution in [2.45, 2.75) is 24.5 Å². The molecule has 8 heteroatoms. The molecule has 3 heterocycles. The van der Waals surface area contributed by atoms with Gasteiger partial charge in [-0.3, -0.25) is 14.2 Å². The Labute approximate surface area is 188 Å². The van der Waals surface area contributed by atoms with Crippen LogP contribution < -0.4 is 5.32 Å². The molecular formula is C24H20N4O3S. The summed E-state index contributed by atoms with van der Waals surface area (Å²) < 4.78 is 7.49. The van der Waals surface area contributed by atoms with E-state index in [1.807, 2.05) is 60.0 Å². The number of hydrogen-bond donors (Lipinski definition) is 1. The number of benzene rings is 2. The van der Waals surface area contributed by atoms with Crippen LogP contribution >= 0.6 is 11.8 Å². The van der Waals surface area contributed by atoms with E-state index in [9.17, 15) is 9.59 Å². The maximum atomic E-state index is 12.9. The van der Waals surface area contributed by atoms with Gasteiger partial charge in [-0.05, 0) is 48.4 Å². The Morgan fingerprint density at radius 2 is 1.97 bits per heavy atom. The number of aromatic nitrogens is 3. The van der Waals surface area contributed by atoms with Crippen LogP contribution in [-0.4, -0.2) is 32.2 Å². The smallest absolute Gasteiger partial charge is 0.231 e. The van der Waals surface area contributed by atoms with Gasteiger partial charge < -0.3 is 9.73 Å². The predicted molar refractivity (Wildman–Crippen MR) is 122 cm³/mol. The SMILES string of the molecule is C[C@@H]1C(=O)Nc2ccc(C(=O)CSc3nnc(-c4ccco4)n3Cc3ccccc3)cc21. The minimum absolute atomic E-state index is 0.0295. The van der Waals surface area contributed by atoms with E-state index in [0.29, 0.717) is 28.8 Å². The molecule has 4 aromatic rings. The third-order valence-electron chi connectivity index (χ3n) is 5.47. The van der Waals surface area contributed by atoms with Gasteiger partial charge in [0, 0.05) is 11.3 Å². The minimum atomic E-state index is -0.254. The number of ketones is 1. The van der Waals surface area contributed by atoms with E-state index in [0.717, 1.165) is 16.8 Å². The van der Waals surface area contributed by atoms with Gasteiger partial charge in [-0.2, -0.15) is 0 Å². The number of hydrogen-bond acceptors (Lipinski definition) is 6. The first-order chi connectivity index (χ1) is 15.6. The molecule has 1 atom stereocenters. The fourth-order valence-electron chi connectivity index (χ4n) is 3.70. The van der Waals surface area contributed by atoms with Crippen LogP contribution in [0.3, 0.4) is 0 Å². The first kappa shape index (κ1) is 20.3. The van der Waals surface area contributed by atoms with Crippen LogP contribution in [0.25, 0.3) is 11.6 Å². The molecule has 0 radical (unpaired) electrons. The summed E-state index contributed by atoms with van der Waals surface area (Å²) >= 11 is 1.34. The molecule has 5 rings (SSSR count). The number of Topliss-reactive ketones (excluding diaryl/α,β-unsaturated/α-hetero) is 1. The molecule has 0 unspecified atom stereocenters. The Hall–Kier alpha value is -3.65. The van der Waals surface area contributed by atoms with Crippen molar-refractivity contribution in [3.8, 4) is 11.6 Å². The molecule has 32 heavy (non-hydrogen) atoms. The van der Waals surface area contributed by atoms with Gasteiger partial charge in [-0.25, -0.2) is 0 Å². The van der Waals surface area contributed by atoms with Gasteiger partial charge in [-0.1, -0.05) is 42.1 Å². The molecule has 0 saturated heterocycles. The molecule has 0 aliphatic carbocycles. The minimum Gasteiger partial charge on any atom is -0.461 e. The summed E-state index contributed by atoms with van der Waals surface area (Å²) in [4.78, 5) is 24.8. The lowest BCUT2D eigenvalue weighted by atomic mass is 9.99. The fraction of sp³-hybridized carbons (Fsp3) is 0.167. The number of carbonyl (C=O) groups is 2. The van der Waals surface area contributed by atoms with Crippen molar-refractivity contribution in [1.82, 2.24) is 14.8 Å². The Kier molecular flexibility index (Phi) is 5.36. The lowest BCUT2D eigenvalue weighted by molar-refractivity contribution is -0.116. The number of thioether (sulfide) groups is 1. The Balaban J connectivity index is 1.38. The first-order valence-electron chi connectivity index (χ1n) is 10.2. The van der Waals surface area contributed by atoms with Gasteiger partial charge in [0.25, 0.3) is 0 Å². The predicted octanol–water partition coefficient (Wildman–Crippen LogP) is 4.62. The van der Waals surface area contributed by atoms with Gasteiger partial charge in [0.1, 0.15) is 0 Å². The average molecular weight is 445 g/mol. The number of carbonyl (C=O) groups excluding carboxylic acids is 2. The number of anilines is 1. The summed E-state index contributed by atoms with van der Waals surface area (Å²) in [6, 6.07) is 19.0. The topological polar surface area (TPSA) is 90.0 Å². The molecule has 0 fully saturated rings. The maximum absolute atomic E-state index is 12.9. The van der Waals surface area contributed by atoms with E-state index in [1.54, 1.807) is 18.4 Å². The molecular weight excluding hydrogens is 424 g/mol. The van der Waals surface area contributed by atoms with E-state index >= 15 is 0 Å². The van der Waals surface area contributed by atoms with Crippen LogP contribution in [0.5, 0.6) is 0 Å². The van der Waals surface area contributed by atoms with E-state index in [2.05, 4.69) is 15.5 Å². The second-order valence-corrected chi connectivity index (χ2v) is 8.52. The fourth-order valence-corrected chi connectivity index (χ4v) is 4.53. The van der Waals surface area contributed by atoms with E-state index in [4.69, 9.17) is 4.42 Å². The van der Waals surface area contributed by atoms with Crippen molar-refractivity contribution in [2.75, 3.05) is 11.1 Å². The summed E-state index contributed by atoms with van der Waals surface area (Å²) in [7, 11) is 0. The quantitative estimate of drug-likeness (QED) is 0.331. The van der Waals surface area contributed by atoms with Crippen LogP contribution in [0.4, 0.5) is 5.69 Å². The number of furan rings is 1. The number of amides is 1. The summed E-state index contributed by atoms with van der Waals surface area (Å²) in [5.41, 5.74) is 3.31. The molecule has 2 aromatic heterocycles. The second-order valence-electron chi connectivity index (χ2n) is 7.58. The van der Waals surface area contributed by atoms with Crippen molar-refractivity contribution in [3.05, 3.63) is 83.6 Å². The van der Waals surface area contributed by atoms with Crippen LogP contribution in [0, 0.1) is 0 Å². The zero-order valence-electron chi connectivity index (χ0n) is 17.3. The van der Waals surface area contributed by atoms with Gasteiger partial charge in [-0.15, -0.1) is 10.2 Å². The van der Waals surface area contributed by atoms with Gasteiger partial charge in [0.05, 0.1) is 24.5 Å². The Bertz CT molecular complexity index is 1280. The summed E-state index contributed by atoms with van der Waals surface area (Å²) in [6.07, 6.45) is 1.60. The molecule has 0 saturated carbocycles. The van der Waals surface area contributed by atoms with Crippen LogP contribution in [0.15, 0.2) is 76.5 Å². The van der Waals surface area contributed by atoms with E-state index < -0.39 is 0 Å². The van der Waals surface area contributed by atoms with Gasteiger partial charge >= 0.3 is 0 Å². The highest BCUT2D eigenvalue weighted by atomic mass is 32.2. The zero-order chi connectivity index (χ0) is 22.1. The normalized spacial score (nSPS) is 14.9. The highest BCUT2D eigenvalue weighted by Gasteiger charge is 2.27. The molecule has 0 spiro atoms. The second kappa shape index (κ2) is 8.47. The summed E-state index contributed by atoms with van der Waals surface area (Å²) in [5.74, 6) is 1.12. The largest absolute Gasteiger partial charge is 0.461 e. The Morgan fingerprint density at radius 1 is 1.12 bits per heavy atom. The Morgan fingerprint density at radius 3 is 2.75 bits per heavy atom. The maximum Gasteiger partial charge on any atom is 0.231 e. The first-order valence-corrected chi connectivity index (χ1v) is 11.2. The number of nitrogens with one attached hydrogen (secondary N) is 1. The number of fused-ring (bicyclic) bond motifs is 1. The van der Waals surface area contributed by atoms with E-state index in [1.165, 1.54) is 11.8 Å². The van der Waals surface area contributed by atoms with Crippen LogP contribution in [-0.2, 0) is 11.3 Å². The van der Waals surface area contributed by atoms with Crippen molar-refractivity contribution in [2.24, 2.45) is 0 Å². The molecule has 2 aromatic carbocycles. The molecule has 0 bridgehead atoms. The van der Waals surface area contributed by atoms with Crippen LogP contribution in [0.1, 0.15) is 34.3 Å². The van der Waals surface area contributed by atoms with Crippen molar-refractivity contribution < 1.29 is 14.0 Å². The number of nitrogens with zero attached hydrogens (tertiary/aromatic N) is 3. The third-order valence-corrected chi connectivity index (χ3v) is 6.43. The summed E-state index contributed by atoms with van der Waals surface area (Å²) in [6.45, 7) is 2.40. The molecule has 160 valence electrons. The molecule has 1 aliphatic rings. The van der Waals surface area contributed by atoms with Gasteiger partial charge in [0.15, 0.2) is 16.7 Å². The average Bonchev–Trinajstić information content (AvgIpc) is 3.53. The standard InChI is InChI=1S/C24H20N4O3S/c1-15-18-12-17(9-10-19(18)25-23(15)30)20(29)14-32-24-27-26-22(21-8-5-11-31-21)28(24)13-16-6-3-2-4-7-16/h2-12,15H,13-14H2,1H3,(H,25,30)/t15-/m0/s1. The third kappa shape index (κ3) is 3.85. The molecule has 1 N–H and O–H groups in total. The number of rotatable bonds is 7. The zero-order valence-corrected chi connectivity index (χ0v) is 18.1. The van der Waals surface area contributed by atoms with Gasteiger partial charge in [0.2, 0.25) is 11.7 Å². The molecule has 1 aliphatic heterocycles. The van der Waals surface area contributed by atoms with Crippen molar-refractivity contribution in [3.63, 3.8) is 0 Å². The highest BCUT2D eigenvalue weighted by molar-refractivity contribution is 7.99. The van der Waals surface area contributed by atoms with Crippen LogP contribution in [0.2, 0.25) is 0 Å². The monoisotopic (exact) mass is 444 g/mol. The lowest BCUT2D eigenvalue weighted by Gasteiger charge is -2.09. The lowest BCUT2D eigenvalue weighted by Crippen LogP contribution is -2.08. The van der Waals surface area contributed by atoms with Crippen molar-refractivity contribution >= 4 is 29.1 Å².